The van der Waals surface area contributed by atoms with Gasteiger partial charge >= 0.3 is 0 Å². The third-order valence-corrected chi connectivity index (χ3v) is 5.32. The predicted octanol–water partition coefficient (Wildman–Crippen LogP) is 4.33. The van der Waals surface area contributed by atoms with Gasteiger partial charge in [0.2, 0.25) is 5.91 Å². The summed E-state index contributed by atoms with van der Waals surface area (Å²) in [5.41, 5.74) is 1.67. The van der Waals surface area contributed by atoms with Gasteiger partial charge in [0.15, 0.2) is 0 Å². The van der Waals surface area contributed by atoms with Crippen LogP contribution in [-0.2, 0) is 4.79 Å². The van der Waals surface area contributed by atoms with Crippen molar-refractivity contribution in [2.75, 3.05) is 5.32 Å². The highest BCUT2D eigenvalue weighted by Gasteiger charge is 2.25. The second-order valence-electron chi connectivity index (χ2n) is 6.16. The Kier molecular flexibility index (Phi) is 5.55. The SMILES string of the molecule is C#Cc1cccc(NC(C(=O)NC2CCCCC2)c2cccs2)c1. The molecule has 1 aromatic carbocycles. The van der Waals surface area contributed by atoms with Crippen LogP contribution in [0, 0.1) is 12.3 Å². The summed E-state index contributed by atoms with van der Waals surface area (Å²) in [6.07, 6.45) is 11.3. The first-order chi connectivity index (χ1) is 11.8. The number of carbonyl (C=O) groups excluding carboxylic acids is 1. The van der Waals surface area contributed by atoms with Crippen LogP contribution in [0.1, 0.15) is 48.6 Å². The third-order valence-electron chi connectivity index (χ3n) is 4.38. The van der Waals surface area contributed by atoms with Gasteiger partial charge in [0.25, 0.3) is 0 Å². The van der Waals surface area contributed by atoms with E-state index in [0.29, 0.717) is 6.04 Å². The summed E-state index contributed by atoms with van der Waals surface area (Å²) in [4.78, 5) is 13.9. The zero-order valence-electron chi connectivity index (χ0n) is 13.6. The van der Waals surface area contributed by atoms with Crippen LogP contribution in [0.3, 0.4) is 0 Å². The third kappa shape index (κ3) is 4.18. The standard InChI is InChI=1S/C20H22N2OS/c1-2-15-8-6-11-17(14-15)21-19(18-12-7-13-24-18)20(23)22-16-9-4-3-5-10-16/h1,6-8,11-14,16,19,21H,3-5,9-10H2,(H,22,23). The summed E-state index contributed by atoms with van der Waals surface area (Å²) >= 11 is 1.59. The number of hydrogen-bond donors (Lipinski definition) is 2. The molecular formula is C20H22N2OS. The molecule has 0 saturated heterocycles. The van der Waals surface area contributed by atoms with Gasteiger partial charge in [-0.2, -0.15) is 0 Å². The van der Waals surface area contributed by atoms with Crippen LogP contribution in [0.5, 0.6) is 0 Å². The average Bonchev–Trinajstić information content (AvgIpc) is 3.15. The van der Waals surface area contributed by atoms with Crippen molar-refractivity contribution >= 4 is 22.9 Å². The summed E-state index contributed by atoms with van der Waals surface area (Å²) in [7, 11) is 0. The zero-order chi connectivity index (χ0) is 16.8. The van der Waals surface area contributed by atoms with E-state index in [9.17, 15) is 4.79 Å². The van der Waals surface area contributed by atoms with Crippen molar-refractivity contribution in [1.29, 1.82) is 0 Å². The quantitative estimate of drug-likeness (QED) is 0.797. The zero-order valence-corrected chi connectivity index (χ0v) is 14.4. The maximum absolute atomic E-state index is 12.9. The van der Waals surface area contributed by atoms with Crippen molar-refractivity contribution in [2.45, 2.75) is 44.2 Å². The van der Waals surface area contributed by atoms with Crippen LogP contribution < -0.4 is 10.6 Å². The largest absolute Gasteiger partial charge is 0.369 e. The number of carbonyl (C=O) groups is 1. The minimum absolute atomic E-state index is 0.0375. The Labute approximate surface area is 147 Å². The van der Waals surface area contributed by atoms with Crippen molar-refractivity contribution in [3.8, 4) is 12.3 Å². The lowest BCUT2D eigenvalue weighted by Crippen LogP contribution is -2.41. The topological polar surface area (TPSA) is 41.1 Å². The van der Waals surface area contributed by atoms with Gasteiger partial charge in [-0.05, 0) is 42.5 Å². The van der Waals surface area contributed by atoms with Gasteiger partial charge in [-0.1, -0.05) is 37.3 Å². The van der Waals surface area contributed by atoms with Crippen LogP contribution in [0.2, 0.25) is 0 Å². The molecule has 0 aliphatic heterocycles. The molecule has 1 aliphatic rings. The Bertz CT molecular complexity index is 711. The number of nitrogens with one attached hydrogen (secondary N) is 2. The fourth-order valence-electron chi connectivity index (χ4n) is 3.12. The first-order valence-electron chi connectivity index (χ1n) is 8.43. The first-order valence-corrected chi connectivity index (χ1v) is 9.31. The van der Waals surface area contributed by atoms with Gasteiger partial charge < -0.3 is 10.6 Å². The number of thiophene rings is 1. The molecule has 3 nitrogen and oxygen atoms in total. The number of amides is 1. The van der Waals surface area contributed by atoms with E-state index in [1.165, 1.54) is 19.3 Å². The van der Waals surface area contributed by atoms with E-state index in [-0.39, 0.29) is 11.9 Å². The highest BCUT2D eigenvalue weighted by molar-refractivity contribution is 7.10. The number of terminal acetylenes is 1. The number of anilines is 1. The molecular weight excluding hydrogens is 316 g/mol. The monoisotopic (exact) mass is 338 g/mol. The maximum atomic E-state index is 12.9. The lowest BCUT2D eigenvalue weighted by Gasteiger charge is -2.26. The Morgan fingerprint density at radius 1 is 1.21 bits per heavy atom. The smallest absolute Gasteiger partial charge is 0.248 e. The molecule has 1 unspecified atom stereocenters. The van der Waals surface area contributed by atoms with Crippen LogP contribution >= 0.6 is 11.3 Å². The van der Waals surface area contributed by atoms with Crippen molar-refractivity contribution in [1.82, 2.24) is 5.32 Å². The summed E-state index contributed by atoms with van der Waals surface area (Å²) in [5.74, 6) is 2.67. The summed E-state index contributed by atoms with van der Waals surface area (Å²) < 4.78 is 0. The van der Waals surface area contributed by atoms with Crippen LogP contribution in [-0.4, -0.2) is 11.9 Å². The summed E-state index contributed by atoms with van der Waals surface area (Å²) in [6, 6.07) is 11.5. The van der Waals surface area contributed by atoms with Crippen molar-refractivity contribution in [3.63, 3.8) is 0 Å². The molecule has 124 valence electrons. The Morgan fingerprint density at radius 3 is 2.75 bits per heavy atom. The van der Waals surface area contributed by atoms with Crippen LogP contribution in [0.25, 0.3) is 0 Å². The maximum Gasteiger partial charge on any atom is 0.248 e. The van der Waals surface area contributed by atoms with Crippen LogP contribution in [0.15, 0.2) is 41.8 Å². The number of benzene rings is 1. The first kappa shape index (κ1) is 16.6. The normalized spacial score (nSPS) is 16.1. The van der Waals surface area contributed by atoms with E-state index < -0.39 is 0 Å². The molecule has 1 heterocycles. The molecule has 4 heteroatoms. The van der Waals surface area contributed by atoms with Crippen molar-refractivity contribution in [3.05, 3.63) is 52.2 Å². The highest BCUT2D eigenvalue weighted by Crippen LogP contribution is 2.26. The summed E-state index contributed by atoms with van der Waals surface area (Å²) in [6.45, 7) is 0. The van der Waals surface area contributed by atoms with E-state index >= 15 is 0 Å². The minimum Gasteiger partial charge on any atom is -0.369 e. The number of hydrogen-bond acceptors (Lipinski definition) is 3. The van der Waals surface area contributed by atoms with E-state index in [4.69, 9.17) is 6.42 Å². The van der Waals surface area contributed by atoms with E-state index in [1.807, 2.05) is 41.8 Å². The molecule has 1 fully saturated rings. The van der Waals surface area contributed by atoms with E-state index in [2.05, 4.69) is 16.6 Å². The molecule has 1 saturated carbocycles. The Morgan fingerprint density at radius 2 is 2.04 bits per heavy atom. The van der Waals surface area contributed by atoms with Gasteiger partial charge in [-0.3, -0.25) is 4.79 Å². The van der Waals surface area contributed by atoms with E-state index in [1.54, 1.807) is 11.3 Å². The molecule has 3 rings (SSSR count). The van der Waals surface area contributed by atoms with Gasteiger partial charge in [0, 0.05) is 22.2 Å². The Balaban J connectivity index is 1.76. The molecule has 2 aromatic rings. The highest BCUT2D eigenvalue weighted by atomic mass is 32.1. The fourth-order valence-corrected chi connectivity index (χ4v) is 3.89. The molecule has 1 amide bonds. The second kappa shape index (κ2) is 8.03. The molecule has 0 bridgehead atoms. The van der Waals surface area contributed by atoms with Crippen molar-refractivity contribution < 1.29 is 4.79 Å². The second-order valence-corrected chi connectivity index (χ2v) is 7.14. The molecule has 0 radical (unpaired) electrons. The summed E-state index contributed by atoms with van der Waals surface area (Å²) in [5, 5.41) is 8.57. The van der Waals surface area contributed by atoms with Gasteiger partial charge in [-0.25, -0.2) is 0 Å². The fraction of sp³-hybridized carbons (Fsp3) is 0.350. The van der Waals surface area contributed by atoms with Gasteiger partial charge in [0.1, 0.15) is 6.04 Å². The van der Waals surface area contributed by atoms with Crippen LogP contribution in [0.4, 0.5) is 5.69 Å². The lowest BCUT2D eigenvalue weighted by molar-refractivity contribution is -0.122. The van der Waals surface area contributed by atoms with Crippen molar-refractivity contribution in [2.24, 2.45) is 0 Å². The lowest BCUT2D eigenvalue weighted by atomic mass is 9.95. The predicted molar refractivity (Wildman–Crippen MR) is 100 cm³/mol. The van der Waals surface area contributed by atoms with Gasteiger partial charge in [0.05, 0.1) is 0 Å². The van der Waals surface area contributed by atoms with E-state index in [0.717, 1.165) is 29.0 Å². The van der Waals surface area contributed by atoms with Gasteiger partial charge in [-0.15, -0.1) is 17.8 Å². The molecule has 0 spiro atoms. The molecule has 2 N–H and O–H groups in total. The number of rotatable bonds is 5. The molecule has 1 atom stereocenters. The molecule has 1 aliphatic carbocycles. The Hall–Kier alpha value is -2.25. The molecule has 24 heavy (non-hydrogen) atoms. The minimum atomic E-state index is -0.389. The average molecular weight is 338 g/mol. The molecule has 1 aromatic heterocycles.